The van der Waals surface area contributed by atoms with Gasteiger partial charge in [-0.3, -0.25) is 9.69 Å². The molecule has 8 nitrogen and oxygen atoms in total. The van der Waals surface area contributed by atoms with Crippen LogP contribution in [-0.4, -0.2) is 77.6 Å². The second-order valence-electron chi connectivity index (χ2n) is 7.22. The number of hydrogen-bond acceptors (Lipinski definition) is 6. The lowest BCUT2D eigenvalue weighted by atomic mass is 10.2. The summed E-state index contributed by atoms with van der Waals surface area (Å²) >= 11 is 5.90. The molecule has 32 heavy (non-hydrogen) atoms. The predicted octanol–water partition coefficient (Wildman–Crippen LogP) is 2.89. The van der Waals surface area contributed by atoms with Crippen molar-refractivity contribution in [1.29, 1.82) is 0 Å². The molecule has 2 aromatic rings. The zero-order chi connectivity index (χ0) is 23.3. The lowest BCUT2D eigenvalue weighted by Gasteiger charge is -2.34. The number of aliphatic carboxylic acids is 2. The lowest BCUT2D eigenvalue weighted by Crippen LogP contribution is -2.46. The minimum atomic E-state index is -1.82. The first kappa shape index (κ1) is 25.3. The second-order valence-corrected chi connectivity index (χ2v) is 7.65. The van der Waals surface area contributed by atoms with Crippen molar-refractivity contribution >= 4 is 29.8 Å². The topological polar surface area (TPSA) is 107 Å². The van der Waals surface area contributed by atoms with Gasteiger partial charge in [0.1, 0.15) is 5.75 Å². The number of carbonyl (C=O) groups excluding carboxylic acids is 1. The Hall–Kier alpha value is -2.94. The first-order chi connectivity index (χ1) is 15.4. The molecule has 9 heteroatoms. The predicted molar refractivity (Wildman–Crippen MR) is 120 cm³/mol. The largest absolute Gasteiger partial charge is 0.493 e. The number of halogens is 1. The van der Waals surface area contributed by atoms with Crippen LogP contribution in [0.15, 0.2) is 48.5 Å². The van der Waals surface area contributed by atoms with Gasteiger partial charge in [-0.25, -0.2) is 9.59 Å². The molecule has 0 atom stereocenters. The molecule has 0 bridgehead atoms. The summed E-state index contributed by atoms with van der Waals surface area (Å²) in [6.45, 7) is 7.03. The fourth-order valence-electron chi connectivity index (χ4n) is 3.23. The molecule has 0 radical (unpaired) electrons. The molecule has 172 valence electrons. The van der Waals surface area contributed by atoms with Crippen LogP contribution in [0, 0.1) is 0 Å². The monoisotopic (exact) mass is 462 g/mol. The maximum absolute atomic E-state index is 11.1. The average molecular weight is 463 g/mol. The van der Waals surface area contributed by atoms with Gasteiger partial charge in [0.05, 0.1) is 12.2 Å². The summed E-state index contributed by atoms with van der Waals surface area (Å²) in [4.78, 5) is 34.3. The molecule has 2 aromatic carbocycles. The van der Waals surface area contributed by atoms with Crippen LogP contribution in [0.5, 0.6) is 5.75 Å². The van der Waals surface area contributed by atoms with E-state index < -0.39 is 11.9 Å². The summed E-state index contributed by atoms with van der Waals surface area (Å²) in [5.41, 5.74) is 1.88. The van der Waals surface area contributed by atoms with E-state index in [9.17, 15) is 4.79 Å². The standard InChI is InChI=1S/C21H25ClN2O2.C2H2O4/c22-20-7-8-21(19(15-20)17-25)26-14-4-9-23-10-12-24(13-11-23)16-18-5-2-1-3-6-18;3-1(4)2(5)6/h1-3,5-8,15,17H,4,9-14,16H2;(H,3,4)(H,5,6). The highest BCUT2D eigenvalue weighted by atomic mass is 35.5. The van der Waals surface area contributed by atoms with Crippen LogP contribution in [0.1, 0.15) is 22.3 Å². The number of carboxylic acids is 2. The van der Waals surface area contributed by atoms with Crippen LogP contribution in [0.3, 0.4) is 0 Å². The number of piperazine rings is 1. The van der Waals surface area contributed by atoms with E-state index in [1.54, 1.807) is 18.2 Å². The molecular formula is C23H27ClN2O6. The van der Waals surface area contributed by atoms with Crippen LogP contribution in [0.4, 0.5) is 0 Å². The highest BCUT2D eigenvalue weighted by Gasteiger charge is 2.16. The van der Waals surface area contributed by atoms with Gasteiger partial charge in [-0.05, 0) is 30.2 Å². The molecule has 1 aliphatic rings. The normalized spacial score (nSPS) is 14.2. The maximum Gasteiger partial charge on any atom is 0.414 e. The van der Waals surface area contributed by atoms with Gasteiger partial charge in [0, 0.05) is 44.3 Å². The molecule has 3 rings (SSSR count). The van der Waals surface area contributed by atoms with Crippen LogP contribution in [0.2, 0.25) is 5.02 Å². The summed E-state index contributed by atoms with van der Waals surface area (Å²) in [6, 6.07) is 15.8. The number of rotatable bonds is 8. The number of nitrogens with zero attached hydrogens (tertiary/aromatic N) is 2. The fraction of sp³-hybridized carbons (Fsp3) is 0.348. The lowest BCUT2D eigenvalue weighted by molar-refractivity contribution is -0.159. The molecule has 0 spiro atoms. The van der Waals surface area contributed by atoms with Gasteiger partial charge in [-0.1, -0.05) is 41.9 Å². The van der Waals surface area contributed by atoms with E-state index >= 15 is 0 Å². The maximum atomic E-state index is 11.1. The molecule has 1 aliphatic heterocycles. The third-order valence-electron chi connectivity index (χ3n) is 4.87. The Bertz CT molecular complexity index is 873. The van der Waals surface area contributed by atoms with Crippen molar-refractivity contribution in [3.8, 4) is 5.75 Å². The van der Waals surface area contributed by atoms with Gasteiger partial charge < -0.3 is 19.8 Å². The molecular weight excluding hydrogens is 436 g/mol. The summed E-state index contributed by atoms with van der Waals surface area (Å²) < 4.78 is 5.75. The molecule has 2 N–H and O–H groups in total. The van der Waals surface area contributed by atoms with Gasteiger partial charge in [-0.2, -0.15) is 0 Å². The molecule has 0 saturated carbocycles. The Kier molecular flexibility index (Phi) is 10.7. The van der Waals surface area contributed by atoms with Gasteiger partial charge in [-0.15, -0.1) is 0 Å². The zero-order valence-electron chi connectivity index (χ0n) is 17.7. The van der Waals surface area contributed by atoms with Crippen molar-refractivity contribution in [3.05, 3.63) is 64.7 Å². The zero-order valence-corrected chi connectivity index (χ0v) is 18.4. The minimum absolute atomic E-state index is 0.507. The third kappa shape index (κ3) is 9.05. The Balaban J connectivity index is 0.000000534. The number of benzene rings is 2. The fourth-order valence-corrected chi connectivity index (χ4v) is 3.41. The van der Waals surface area contributed by atoms with Crippen LogP contribution >= 0.6 is 11.6 Å². The molecule has 1 heterocycles. The van der Waals surface area contributed by atoms with Crippen molar-refractivity contribution < 1.29 is 29.3 Å². The minimum Gasteiger partial charge on any atom is -0.493 e. The summed E-state index contributed by atoms with van der Waals surface area (Å²) in [7, 11) is 0. The van der Waals surface area contributed by atoms with Crippen molar-refractivity contribution in [2.45, 2.75) is 13.0 Å². The summed E-state index contributed by atoms with van der Waals surface area (Å²) in [6.07, 6.45) is 1.73. The number of hydrogen-bond donors (Lipinski definition) is 2. The van der Waals surface area contributed by atoms with Gasteiger partial charge in [0.15, 0.2) is 6.29 Å². The Labute approximate surface area is 192 Å². The van der Waals surface area contributed by atoms with Crippen LogP contribution in [-0.2, 0) is 16.1 Å². The first-order valence-electron chi connectivity index (χ1n) is 10.2. The molecule has 0 amide bonds. The highest BCUT2D eigenvalue weighted by Crippen LogP contribution is 2.21. The third-order valence-corrected chi connectivity index (χ3v) is 5.11. The van der Waals surface area contributed by atoms with Gasteiger partial charge in [0.2, 0.25) is 0 Å². The summed E-state index contributed by atoms with van der Waals surface area (Å²) in [5.74, 6) is -3.04. The van der Waals surface area contributed by atoms with E-state index in [0.29, 0.717) is 22.9 Å². The smallest absolute Gasteiger partial charge is 0.414 e. The molecule has 0 aliphatic carbocycles. The van der Waals surface area contributed by atoms with Crippen molar-refractivity contribution in [3.63, 3.8) is 0 Å². The van der Waals surface area contributed by atoms with E-state index in [0.717, 1.165) is 52.0 Å². The quantitative estimate of drug-likeness (QED) is 0.350. The van der Waals surface area contributed by atoms with E-state index in [1.807, 2.05) is 0 Å². The Morgan fingerprint density at radius 2 is 1.59 bits per heavy atom. The summed E-state index contributed by atoms with van der Waals surface area (Å²) in [5, 5.41) is 15.3. The van der Waals surface area contributed by atoms with Crippen molar-refractivity contribution in [1.82, 2.24) is 9.80 Å². The van der Waals surface area contributed by atoms with Gasteiger partial charge >= 0.3 is 11.9 Å². The van der Waals surface area contributed by atoms with Crippen LogP contribution in [0.25, 0.3) is 0 Å². The van der Waals surface area contributed by atoms with E-state index in [2.05, 4.69) is 40.1 Å². The molecule has 1 saturated heterocycles. The number of carboxylic acid groups (broad SMARTS) is 2. The van der Waals surface area contributed by atoms with Crippen molar-refractivity contribution in [2.24, 2.45) is 0 Å². The first-order valence-corrected chi connectivity index (χ1v) is 10.6. The Morgan fingerprint density at radius 3 is 2.19 bits per heavy atom. The van der Waals surface area contributed by atoms with E-state index in [1.165, 1.54) is 5.56 Å². The van der Waals surface area contributed by atoms with E-state index in [4.69, 9.17) is 36.1 Å². The molecule has 1 fully saturated rings. The number of aldehydes is 1. The van der Waals surface area contributed by atoms with Crippen LogP contribution < -0.4 is 4.74 Å². The van der Waals surface area contributed by atoms with Crippen molar-refractivity contribution in [2.75, 3.05) is 39.3 Å². The highest BCUT2D eigenvalue weighted by molar-refractivity contribution is 6.30. The number of carbonyl (C=O) groups is 3. The SMILES string of the molecule is O=C(O)C(=O)O.O=Cc1cc(Cl)ccc1OCCCN1CCN(Cc2ccccc2)CC1. The molecule has 0 unspecified atom stereocenters. The second kappa shape index (κ2) is 13.5. The Morgan fingerprint density at radius 1 is 0.969 bits per heavy atom. The average Bonchev–Trinajstić information content (AvgIpc) is 2.79. The molecule has 0 aromatic heterocycles. The number of ether oxygens (including phenoxy) is 1. The van der Waals surface area contributed by atoms with Gasteiger partial charge in [0.25, 0.3) is 0 Å². The van der Waals surface area contributed by atoms with E-state index in [-0.39, 0.29) is 0 Å².